The second-order valence-electron chi connectivity index (χ2n) is 3.23. The summed E-state index contributed by atoms with van der Waals surface area (Å²) in [5.41, 5.74) is 1.17. The molecule has 0 saturated carbocycles. The Morgan fingerprint density at radius 3 is 2.31 bits per heavy atom. The van der Waals surface area contributed by atoms with Crippen LogP contribution in [0.5, 0.6) is 11.5 Å². The van der Waals surface area contributed by atoms with E-state index in [1.54, 1.807) is 26.0 Å². The van der Waals surface area contributed by atoms with Gasteiger partial charge < -0.3 is 14.2 Å². The van der Waals surface area contributed by atoms with Crippen LogP contribution in [0, 0.1) is 6.92 Å². The van der Waals surface area contributed by atoms with Crippen LogP contribution < -0.4 is 9.47 Å². The Bertz CT molecular complexity index is 339. The van der Waals surface area contributed by atoms with E-state index in [9.17, 15) is 0 Å². The maximum atomic E-state index is 5.31. The highest BCUT2D eigenvalue weighted by Crippen LogP contribution is 2.34. The summed E-state index contributed by atoms with van der Waals surface area (Å²) in [5, 5.41) is 0. The van der Waals surface area contributed by atoms with Crippen LogP contribution in [0.2, 0.25) is 0 Å². The molecular formula is C12H18O3S. The van der Waals surface area contributed by atoms with Crippen LogP contribution in [0.25, 0.3) is 0 Å². The minimum atomic E-state index is 0.660. The van der Waals surface area contributed by atoms with E-state index < -0.39 is 0 Å². The Balaban J connectivity index is 2.84. The van der Waals surface area contributed by atoms with E-state index in [0.717, 1.165) is 23.0 Å². The van der Waals surface area contributed by atoms with E-state index in [1.165, 1.54) is 5.56 Å². The summed E-state index contributed by atoms with van der Waals surface area (Å²) in [4.78, 5) is 1.16. The summed E-state index contributed by atoms with van der Waals surface area (Å²) in [6, 6.07) is 3.96. The number of rotatable bonds is 6. The molecule has 0 aliphatic rings. The molecule has 0 fully saturated rings. The van der Waals surface area contributed by atoms with Gasteiger partial charge in [0.05, 0.1) is 20.2 Å². The number of methoxy groups -OCH3 is 2. The summed E-state index contributed by atoms with van der Waals surface area (Å²) in [5.74, 6) is 2.18. The summed E-state index contributed by atoms with van der Waals surface area (Å²) >= 11 is 1.66. The van der Waals surface area contributed by atoms with Gasteiger partial charge in [-0.3, -0.25) is 0 Å². The van der Waals surface area contributed by atoms with Crippen molar-refractivity contribution in [2.75, 3.05) is 26.8 Å². The molecule has 0 bridgehead atoms. The Labute approximate surface area is 101 Å². The molecule has 0 aromatic heterocycles. The number of hydrogen-bond acceptors (Lipinski definition) is 4. The van der Waals surface area contributed by atoms with Gasteiger partial charge in [-0.25, -0.2) is 0 Å². The molecule has 0 unspecified atom stereocenters. The lowest BCUT2D eigenvalue weighted by Crippen LogP contribution is -1.94. The van der Waals surface area contributed by atoms with Gasteiger partial charge in [0.1, 0.15) is 0 Å². The largest absolute Gasteiger partial charge is 0.493 e. The molecule has 0 saturated heterocycles. The highest BCUT2D eigenvalue weighted by Gasteiger charge is 2.08. The van der Waals surface area contributed by atoms with E-state index in [-0.39, 0.29) is 0 Å². The van der Waals surface area contributed by atoms with Crippen molar-refractivity contribution in [2.45, 2.75) is 18.7 Å². The minimum Gasteiger partial charge on any atom is -0.493 e. The monoisotopic (exact) mass is 242 g/mol. The lowest BCUT2D eigenvalue weighted by Gasteiger charge is -2.12. The van der Waals surface area contributed by atoms with Crippen molar-refractivity contribution in [1.29, 1.82) is 0 Å². The zero-order valence-electron chi connectivity index (χ0n) is 10.2. The number of benzene rings is 1. The van der Waals surface area contributed by atoms with Gasteiger partial charge in [-0.2, -0.15) is 0 Å². The van der Waals surface area contributed by atoms with E-state index in [2.05, 4.69) is 6.92 Å². The molecule has 4 heteroatoms. The standard InChI is InChI=1S/C12H18O3S/c1-5-15-8-16-12-7-11(14-4)10(13-3)6-9(12)2/h6-7H,5,8H2,1-4H3. The van der Waals surface area contributed by atoms with Crippen molar-refractivity contribution in [1.82, 2.24) is 0 Å². The van der Waals surface area contributed by atoms with Crippen LogP contribution in [-0.2, 0) is 4.74 Å². The maximum Gasteiger partial charge on any atom is 0.161 e. The lowest BCUT2D eigenvalue weighted by atomic mass is 10.2. The molecule has 90 valence electrons. The molecule has 0 heterocycles. The fourth-order valence-electron chi connectivity index (χ4n) is 1.31. The Morgan fingerprint density at radius 2 is 1.75 bits per heavy atom. The molecule has 0 amide bonds. The fraction of sp³-hybridized carbons (Fsp3) is 0.500. The van der Waals surface area contributed by atoms with E-state index in [0.29, 0.717) is 5.94 Å². The van der Waals surface area contributed by atoms with Crippen LogP contribution in [0.1, 0.15) is 12.5 Å². The Morgan fingerprint density at radius 1 is 1.12 bits per heavy atom. The zero-order chi connectivity index (χ0) is 12.0. The van der Waals surface area contributed by atoms with Crippen LogP contribution >= 0.6 is 11.8 Å². The number of thioether (sulfide) groups is 1. The first-order valence-electron chi connectivity index (χ1n) is 5.16. The van der Waals surface area contributed by atoms with Gasteiger partial charge in [0.25, 0.3) is 0 Å². The minimum absolute atomic E-state index is 0.660. The third-order valence-electron chi connectivity index (χ3n) is 2.18. The molecule has 0 atom stereocenters. The molecular weight excluding hydrogens is 224 g/mol. The van der Waals surface area contributed by atoms with Crippen LogP contribution in [0.4, 0.5) is 0 Å². The van der Waals surface area contributed by atoms with Gasteiger partial charge in [0, 0.05) is 11.5 Å². The van der Waals surface area contributed by atoms with E-state index >= 15 is 0 Å². The molecule has 16 heavy (non-hydrogen) atoms. The van der Waals surface area contributed by atoms with Crippen molar-refractivity contribution in [2.24, 2.45) is 0 Å². The predicted octanol–water partition coefficient (Wildman–Crippen LogP) is 3.10. The van der Waals surface area contributed by atoms with E-state index in [1.807, 2.05) is 19.1 Å². The number of hydrogen-bond donors (Lipinski definition) is 0. The van der Waals surface area contributed by atoms with Crippen LogP contribution in [-0.4, -0.2) is 26.8 Å². The van der Waals surface area contributed by atoms with Crippen molar-refractivity contribution < 1.29 is 14.2 Å². The molecule has 3 nitrogen and oxygen atoms in total. The van der Waals surface area contributed by atoms with Gasteiger partial charge in [-0.05, 0) is 31.5 Å². The van der Waals surface area contributed by atoms with Crippen LogP contribution in [0.3, 0.4) is 0 Å². The SMILES string of the molecule is CCOCSc1cc(OC)c(OC)cc1C. The molecule has 0 radical (unpaired) electrons. The van der Waals surface area contributed by atoms with E-state index in [4.69, 9.17) is 14.2 Å². The molecule has 0 N–H and O–H groups in total. The third-order valence-corrected chi connectivity index (χ3v) is 3.22. The summed E-state index contributed by atoms with van der Waals surface area (Å²) in [7, 11) is 3.29. The highest BCUT2D eigenvalue weighted by molar-refractivity contribution is 7.99. The second-order valence-corrected chi connectivity index (χ2v) is 4.19. The van der Waals surface area contributed by atoms with Crippen molar-refractivity contribution in [3.05, 3.63) is 17.7 Å². The summed E-state index contributed by atoms with van der Waals surface area (Å²) < 4.78 is 15.8. The van der Waals surface area contributed by atoms with Gasteiger partial charge in [-0.1, -0.05) is 11.8 Å². The van der Waals surface area contributed by atoms with Crippen molar-refractivity contribution in [3.8, 4) is 11.5 Å². The van der Waals surface area contributed by atoms with Crippen LogP contribution in [0.15, 0.2) is 17.0 Å². The molecule has 0 aliphatic heterocycles. The van der Waals surface area contributed by atoms with Gasteiger partial charge in [0.2, 0.25) is 0 Å². The number of aryl methyl sites for hydroxylation is 1. The lowest BCUT2D eigenvalue weighted by molar-refractivity contribution is 0.199. The quantitative estimate of drug-likeness (QED) is 0.435. The molecule has 1 rings (SSSR count). The predicted molar refractivity (Wildman–Crippen MR) is 66.6 cm³/mol. The Hall–Kier alpha value is -0.870. The zero-order valence-corrected chi connectivity index (χ0v) is 11.0. The first-order chi connectivity index (χ1) is 7.72. The molecule has 0 spiro atoms. The molecule has 1 aromatic carbocycles. The first-order valence-corrected chi connectivity index (χ1v) is 6.14. The normalized spacial score (nSPS) is 10.2. The first kappa shape index (κ1) is 13.2. The smallest absolute Gasteiger partial charge is 0.161 e. The summed E-state index contributed by atoms with van der Waals surface area (Å²) in [6.07, 6.45) is 0. The highest BCUT2D eigenvalue weighted by atomic mass is 32.2. The fourth-order valence-corrected chi connectivity index (χ4v) is 2.16. The maximum absolute atomic E-state index is 5.31. The average molecular weight is 242 g/mol. The van der Waals surface area contributed by atoms with Crippen molar-refractivity contribution >= 4 is 11.8 Å². The summed E-state index contributed by atoms with van der Waals surface area (Å²) in [6.45, 7) is 4.78. The average Bonchev–Trinajstić information content (AvgIpc) is 2.31. The molecule has 0 aliphatic carbocycles. The van der Waals surface area contributed by atoms with Gasteiger partial charge >= 0.3 is 0 Å². The second kappa shape index (κ2) is 6.66. The number of ether oxygens (including phenoxy) is 3. The topological polar surface area (TPSA) is 27.7 Å². The van der Waals surface area contributed by atoms with Gasteiger partial charge in [0.15, 0.2) is 11.5 Å². The third kappa shape index (κ3) is 3.32. The van der Waals surface area contributed by atoms with Gasteiger partial charge in [-0.15, -0.1) is 0 Å². The Kier molecular flexibility index (Phi) is 5.49. The van der Waals surface area contributed by atoms with Crippen molar-refractivity contribution in [3.63, 3.8) is 0 Å². The molecule has 1 aromatic rings.